The van der Waals surface area contributed by atoms with Crippen LogP contribution in [0.5, 0.6) is 0 Å². The zero-order valence-corrected chi connectivity index (χ0v) is 15.1. The molecule has 0 aliphatic heterocycles. The molecule has 2 aromatic rings. The molecule has 27 heavy (non-hydrogen) atoms. The molecule has 1 aromatic heterocycles. The van der Waals surface area contributed by atoms with Crippen LogP contribution in [0.25, 0.3) is 0 Å². The number of nitrogens with zero attached hydrogens (tertiary/aromatic N) is 1. The molecule has 0 fully saturated rings. The Bertz CT molecular complexity index is 917. The second-order valence-corrected chi connectivity index (χ2v) is 6.91. The minimum Gasteiger partial charge on any atom is -0.351 e. The van der Waals surface area contributed by atoms with Crippen molar-refractivity contribution < 1.29 is 23.7 Å². The molecule has 0 radical (unpaired) electrons. The van der Waals surface area contributed by atoms with E-state index in [2.05, 4.69) is 10.5 Å². The summed E-state index contributed by atoms with van der Waals surface area (Å²) in [5.41, 5.74) is 0.222. The highest BCUT2D eigenvalue weighted by Gasteiger charge is 2.36. The number of amides is 1. The van der Waals surface area contributed by atoms with Crippen LogP contribution in [0.1, 0.15) is 50.7 Å². The maximum absolute atomic E-state index is 12.7. The number of ketones is 2. The summed E-state index contributed by atoms with van der Waals surface area (Å²) >= 11 is 1.22. The molecule has 0 bridgehead atoms. The summed E-state index contributed by atoms with van der Waals surface area (Å²) in [6.07, 6.45) is 3.97. The molecule has 0 spiro atoms. The molecule has 7 nitrogen and oxygen atoms in total. The smallest absolute Gasteiger partial charge is 0.278 e. The number of carbonyl (C=O) groups excluding carboxylic acids is 4. The Balaban J connectivity index is 1.76. The van der Waals surface area contributed by atoms with Crippen LogP contribution in [-0.4, -0.2) is 34.7 Å². The fraction of sp³-hybridized carbons (Fsp3) is 0.211. The van der Waals surface area contributed by atoms with Gasteiger partial charge in [-0.1, -0.05) is 23.4 Å². The quantitative estimate of drug-likeness (QED) is 0.550. The molecule has 1 amide bonds. The van der Waals surface area contributed by atoms with E-state index in [0.29, 0.717) is 17.9 Å². The van der Waals surface area contributed by atoms with E-state index in [1.807, 2.05) is 0 Å². The summed E-state index contributed by atoms with van der Waals surface area (Å²) in [7, 11) is 0. The first-order chi connectivity index (χ1) is 13.1. The van der Waals surface area contributed by atoms with Gasteiger partial charge >= 0.3 is 0 Å². The number of aromatic nitrogens is 1. The van der Waals surface area contributed by atoms with Gasteiger partial charge in [0.1, 0.15) is 11.8 Å². The third-order valence-corrected chi connectivity index (χ3v) is 4.96. The van der Waals surface area contributed by atoms with Crippen molar-refractivity contribution in [3.63, 3.8) is 0 Å². The van der Waals surface area contributed by atoms with Crippen LogP contribution in [0.2, 0.25) is 0 Å². The highest BCUT2D eigenvalue weighted by Crippen LogP contribution is 2.31. The van der Waals surface area contributed by atoms with Crippen molar-refractivity contribution in [3.8, 4) is 0 Å². The Kier molecular flexibility index (Phi) is 5.97. The Morgan fingerprint density at radius 3 is 2.70 bits per heavy atom. The summed E-state index contributed by atoms with van der Waals surface area (Å²) in [6, 6.07) is 8.70. The Hall–Kier alpha value is -3.00. The highest BCUT2D eigenvalue weighted by atomic mass is 32.2. The van der Waals surface area contributed by atoms with E-state index < -0.39 is 17.5 Å². The fourth-order valence-corrected chi connectivity index (χ4v) is 3.52. The van der Waals surface area contributed by atoms with Gasteiger partial charge in [0.2, 0.25) is 17.3 Å². The fourth-order valence-electron chi connectivity index (χ4n) is 2.53. The molecule has 1 aromatic carbocycles. The standard InChI is InChI=1S/C19H16N2O5S/c22-9-5-2-6-10-27-14-11-13(23)18-15(17(14)24)16(21-26-18)19(25)20-12-7-3-1-4-8-12/h1,3-4,7-9,11H,2,5-6,10H2,(H,20,25). The van der Waals surface area contributed by atoms with Crippen LogP contribution in [-0.2, 0) is 4.79 Å². The SMILES string of the molecule is O=CCCCCSC1=CC(=O)c2onc(C(=O)Nc3ccccc3)c2C1=O. The van der Waals surface area contributed by atoms with Gasteiger partial charge in [0.15, 0.2) is 5.69 Å². The van der Waals surface area contributed by atoms with E-state index in [-0.39, 0.29) is 21.9 Å². The van der Waals surface area contributed by atoms with Gasteiger partial charge in [0, 0.05) is 18.2 Å². The average molecular weight is 384 g/mol. The molecule has 1 aliphatic rings. The molecule has 3 rings (SSSR count). The number of para-hydroxylation sites is 1. The lowest BCUT2D eigenvalue weighted by atomic mass is 9.99. The van der Waals surface area contributed by atoms with Crippen LogP contribution in [0.15, 0.2) is 45.8 Å². The van der Waals surface area contributed by atoms with Crippen molar-refractivity contribution in [3.05, 3.63) is 58.3 Å². The van der Waals surface area contributed by atoms with Gasteiger partial charge in [-0.2, -0.15) is 0 Å². The molecule has 0 saturated carbocycles. The van der Waals surface area contributed by atoms with Crippen molar-refractivity contribution in [2.24, 2.45) is 0 Å². The number of aldehydes is 1. The van der Waals surface area contributed by atoms with Gasteiger partial charge in [-0.15, -0.1) is 11.8 Å². The molecule has 0 unspecified atom stereocenters. The van der Waals surface area contributed by atoms with Gasteiger partial charge in [-0.3, -0.25) is 14.4 Å². The van der Waals surface area contributed by atoms with Crippen LogP contribution >= 0.6 is 11.8 Å². The van der Waals surface area contributed by atoms with Crippen LogP contribution in [0, 0.1) is 0 Å². The lowest BCUT2D eigenvalue weighted by Gasteiger charge is -2.11. The molecule has 1 aliphatic carbocycles. The molecular formula is C19H16N2O5S. The number of Topliss-reactive ketones (excluding diaryl/α,β-unsaturated/α-hetero) is 1. The van der Waals surface area contributed by atoms with Crippen molar-refractivity contribution in [2.45, 2.75) is 19.3 Å². The van der Waals surface area contributed by atoms with E-state index in [9.17, 15) is 19.2 Å². The highest BCUT2D eigenvalue weighted by molar-refractivity contribution is 8.04. The largest absolute Gasteiger partial charge is 0.351 e. The second kappa shape index (κ2) is 8.59. The van der Waals surface area contributed by atoms with Crippen molar-refractivity contribution in [1.29, 1.82) is 0 Å². The number of hydrogen-bond donors (Lipinski definition) is 1. The van der Waals surface area contributed by atoms with Crippen molar-refractivity contribution >= 4 is 41.2 Å². The van der Waals surface area contributed by atoms with Crippen molar-refractivity contribution in [2.75, 3.05) is 11.1 Å². The number of fused-ring (bicyclic) bond motifs is 1. The summed E-state index contributed by atoms with van der Waals surface area (Å²) in [5, 5.41) is 6.27. The Labute approximate surface area is 159 Å². The van der Waals surface area contributed by atoms with E-state index in [4.69, 9.17) is 4.52 Å². The monoisotopic (exact) mass is 384 g/mol. The lowest BCUT2D eigenvalue weighted by molar-refractivity contribution is -0.107. The molecule has 138 valence electrons. The maximum atomic E-state index is 12.7. The number of unbranched alkanes of at least 4 members (excludes halogenated alkanes) is 2. The molecular weight excluding hydrogens is 368 g/mol. The van der Waals surface area contributed by atoms with Crippen LogP contribution in [0.4, 0.5) is 5.69 Å². The number of rotatable bonds is 8. The number of allylic oxidation sites excluding steroid dienone is 2. The van der Waals surface area contributed by atoms with Crippen LogP contribution < -0.4 is 5.32 Å². The van der Waals surface area contributed by atoms with Gasteiger partial charge in [-0.25, -0.2) is 0 Å². The lowest BCUT2D eigenvalue weighted by Crippen LogP contribution is -2.20. The first-order valence-electron chi connectivity index (χ1n) is 8.35. The number of hydrogen-bond acceptors (Lipinski definition) is 7. The summed E-state index contributed by atoms with van der Waals surface area (Å²) in [4.78, 5) is 48.0. The zero-order chi connectivity index (χ0) is 19.2. The number of nitrogens with one attached hydrogen (secondary N) is 1. The molecule has 1 heterocycles. The number of benzene rings is 1. The minimum atomic E-state index is -0.621. The van der Waals surface area contributed by atoms with Gasteiger partial charge in [0.05, 0.1) is 4.91 Å². The second-order valence-electron chi connectivity index (χ2n) is 5.77. The third-order valence-electron chi connectivity index (χ3n) is 3.85. The predicted molar refractivity (Wildman–Crippen MR) is 100 cm³/mol. The molecule has 8 heteroatoms. The van der Waals surface area contributed by atoms with Gasteiger partial charge in [0.25, 0.3) is 5.91 Å². The Morgan fingerprint density at radius 1 is 1.19 bits per heavy atom. The van der Waals surface area contributed by atoms with E-state index >= 15 is 0 Å². The van der Waals surface area contributed by atoms with E-state index in [1.165, 1.54) is 17.8 Å². The summed E-state index contributed by atoms with van der Waals surface area (Å²) in [5.74, 6) is -1.20. The average Bonchev–Trinajstić information content (AvgIpc) is 3.12. The summed E-state index contributed by atoms with van der Waals surface area (Å²) in [6.45, 7) is 0. The minimum absolute atomic E-state index is 0.105. The van der Waals surface area contributed by atoms with Crippen LogP contribution in [0.3, 0.4) is 0 Å². The zero-order valence-electron chi connectivity index (χ0n) is 14.3. The number of thioether (sulfide) groups is 1. The topological polar surface area (TPSA) is 106 Å². The molecule has 1 N–H and O–H groups in total. The number of carbonyl (C=O) groups is 4. The normalized spacial score (nSPS) is 13.1. The maximum Gasteiger partial charge on any atom is 0.278 e. The van der Waals surface area contributed by atoms with Crippen molar-refractivity contribution in [1.82, 2.24) is 5.16 Å². The first-order valence-corrected chi connectivity index (χ1v) is 9.33. The Morgan fingerprint density at radius 2 is 1.96 bits per heavy atom. The summed E-state index contributed by atoms with van der Waals surface area (Å²) < 4.78 is 4.96. The predicted octanol–water partition coefficient (Wildman–Crippen LogP) is 3.29. The molecule has 0 atom stereocenters. The van der Waals surface area contributed by atoms with Gasteiger partial charge < -0.3 is 14.6 Å². The third kappa shape index (κ3) is 4.22. The first kappa shape index (κ1) is 18.8. The van der Waals surface area contributed by atoms with E-state index in [1.54, 1.807) is 30.3 Å². The van der Waals surface area contributed by atoms with Gasteiger partial charge in [-0.05, 0) is 30.7 Å². The number of anilines is 1. The molecule has 0 saturated heterocycles. The van der Waals surface area contributed by atoms with E-state index in [0.717, 1.165) is 19.1 Å².